The quantitative estimate of drug-likeness (QED) is 0.402. The molecular formula is C18H15ClN3O4+. The van der Waals surface area contributed by atoms with Gasteiger partial charge < -0.3 is 0 Å². The molecular weight excluding hydrogens is 358 g/mol. The molecule has 1 aromatic heterocycles. The van der Waals surface area contributed by atoms with E-state index < -0.39 is 17.3 Å². The number of nitrogens with one attached hydrogen (secondary N) is 1. The normalized spacial score (nSPS) is 10.5. The summed E-state index contributed by atoms with van der Waals surface area (Å²) < 4.78 is 4.78. The minimum atomic E-state index is -0.876. The fourth-order valence-electron chi connectivity index (χ4n) is 2.45. The number of hydrogen-bond donors (Lipinski definition) is 1. The van der Waals surface area contributed by atoms with Crippen molar-refractivity contribution in [3.63, 3.8) is 0 Å². The Morgan fingerprint density at radius 3 is 2.27 bits per heavy atom. The first kappa shape index (κ1) is 17.6. The summed E-state index contributed by atoms with van der Waals surface area (Å²) in [5, 5.41) is 3.47. The number of hydrogen-bond acceptors (Lipinski definition) is 4. The van der Waals surface area contributed by atoms with Crippen LogP contribution >= 0.6 is 11.6 Å². The largest absolute Gasteiger partial charge is 0.442 e. The average molecular weight is 373 g/mol. The van der Waals surface area contributed by atoms with Gasteiger partial charge in [-0.05, 0) is 5.56 Å². The van der Waals surface area contributed by atoms with Gasteiger partial charge in [-0.2, -0.15) is 0 Å². The van der Waals surface area contributed by atoms with Gasteiger partial charge in [0.25, 0.3) is 11.7 Å². The highest BCUT2D eigenvalue weighted by Crippen LogP contribution is 2.06. The summed E-state index contributed by atoms with van der Waals surface area (Å²) in [5.74, 6) is -1.40. The van der Waals surface area contributed by atoms with Crippen LogP contribution in [0.5, 0.6) is 0 Å². The van der Waals surface area contributed by atoms with E-state index in [1.807, 2.05) is 30.3 Å². The number of halogens is 1. The summed E-state index contributed by atoms with van der Waals surface area (Å²) in [7, 11) is 0. The molecule has 0 aliphatic rings. The molecule has 0 spiro atoms. The van der Waals surface area contributed by atoms with Crippen molar-refractivity contribution in [1.82, 2.24) is 5.27 Å². The molecule has 1 amide bonds. The standard InChI is InChI=1S/C18H14ClN3O4/c19-11-15(23)21(12-13-7-3-1-4-8-13)22-16(18(25)26-20-22)17(24)14-9-5-2-6-10-14/h1-10H,11-12H2/p+1. The van der Waals surface area contributed by atoms with E-state index >= 15 is 0 Å². The topological polar surface area (TPSA) is 87.3 Å². The molecule has 0 aliphatic heterocycles. The first-order valence-electron chi connectivity index (χ1n) is 7.75. The number of carbonyl (C=O) groups is 2. The van der Waals surface area contributed by atoms with Crippen molar-refractivity contribution in [2.45, 2.75) is 6.54 Å². The highest BCUT2D eigenvalue weighted by Gasteiger charge is 2.37. The first-order chi connectivity index (χ1) is 12.6. The third-order valence-electron chi connectivity index (χ3n) is 3.70. The summed E-state index contributed by atoms with van der Waals surface area (Å²) in [6, 6.07) is 17.4. The molecule has 0 saturated carbocycles. The third kappa shape index (κ3) is 3.57. The molecule has 7 nitrogen and oxygen atoms in total. The molecule has 3 rings (SSSR count). The average Bonchev–Trinajstić information content (AvgIpc) is 3.07. The molecule has 26 heavy (non-hydrogen) atoms. The minimum Gasteiger partial charge on any atom is -0.281 e. The fraction of sp³-hybridized carbons (Fsp3) is 0.111. The van der Waals surface area contributed by atoms with Gasteiger partial charge in [0.15, 0.2) is 0 Å². The molecule has 0 saturated heterocycles. The van der Waals surface area contributed by atoms with E-state index in [0.29, 0.717) is 5.56 Å². The van der Waals surface area contributed by atoms with E-state index in [1.165, 1.54) is 0 Å². The monoisotopic (exact) mass is 372 g/mol. The van der Waals surface area contributed by atoms with Crippen LogP contribution in [-0.4, -0.2) is 22.8 Å². The number of rotatable bonds is 6. The van der Waals surface area contributed by atoms with E-state index in [4.69, 9.17) is 16.1 Å². The number of carbonyl (C=O) groups excluding carboxylic acids is 2. The van der Waals surface area contributed by atoms with E-state index in [2.05, 4.69) is 5.27 Å². The maximum absolute atomic E-state index is 12.7. The minimum absolute atomic E-state index is 0.0988. The molecule has 132 valence electrons. The van der Waals surface area contributed by atoms with Crippen molar-refractivity contribution in [2.24, 2.45) is 0 Å². The zero-order chi connectivity index (χ0) is 18.5. The van der Waals surface area contributed by atoms with Crippen molar-refractivity contribution in [2.75, 3.05) is 10.9 Å². The molecule has 8 heteroatoms. The Morgan fingerprint density at radius 1 is 1.04 bits per heavy atom. The lowest BCUT2D eigenvalue weighted by Gasteiger charge is -2.12. The lowest BCUT2D eigenvalue weighted by atomic mass is 10.1. The number of aromatic amines is 1. The zero-order valence-electron chi connectivity index (χ0n) is 13.6. The second-order valence-corrected chi connectivity index (χ2v) is 5.67. The van der Waals surface area contributed by atoms with E-state index in [1.54, 1.807) is 30.3 Å². The van der Waals surface area contributed by atoms with Crippen LogP contribution in [-0.2, 0) is 11.3 Å². The molecule has 0 radical (unpaired) electrons. The Morgan fingerprint density at radius 2 is 1.65 bits per heavy atom. The third-order valence-corrected chi connectivity index (χ3v) is 3.93. The Kier molecular flexibility index (Phi) is 5.28. The van der Waals surface area contributed by atoms with Crippen LogP contribution in [0.25, 0.3) is 0 Å². The van der Waals surface area contributed by atoms with E-state index in [-0.39, 0.29) is 18.1 Å². The Balaban J connectivity index is 2.04. The van der Waals surface area contributed by atoms with Crippen LogP contribution in [0.15, 0.2) is 70.0 Å². The zero-order valence-corrected chi connectivity index (χ0v) is 14.3. The molecule has 0 aliphatic carbocycles. The van der Waals surface area contributed by atoms with Gasteiger partial charge in [0.1, 0.15) is 12.4 Å². The van der Waals surface area contributed by atoms with Gasteiger partial charge in [-0.25, -0.2) is 4.79 Å². The number of amides is 1. The van der Waals surface area contributed by atoms with Gasteiger partial charge in [-0.1, -0.05) is 65.7 Å². The molecule has 2 aromatic carbocycles. The van der Waals surface area contributed by atoms with Gasteiger partial charge in [-0.3, -0.25) is 14.1 Å². The second kappa shape index (κ2) is 7.79. The van der Waals surface area contributed by atoms with Crippen molar-refractivity contribution >= 4 is 23.3 Å². The van der Waals surface area contributed by atoms with Crippen molar-refractivity contribution < 1.29 is 18.9 Å². The molecule has 0 bridgehead atoms. The number of aromatic nitrogens is 2. The van der Waals surface area contributed by atoms with Crippen LogP contribution in [0.4, 0.5) is 0 Å². The summed E-state index contributed by atoms with van der Waals surface area (Å²) in [6.07, 6.45) is 0. The van der Waals surface area contributed by atoms with Gasteiger partial charge >= 0.3 is 11.3 Å². The van der Waals surface area contributed by atoms with Crippen molar-refractivity contribution in [1.29, 1.82) is 0 Å². The molecule has 0 fully saturated rings. The number of nitrogens with zero attached hydrogens (tertiary/aromatic N) is 2. The highest BCUT2D eigenvalue weighted by atomic mass is 35.5. The molecule has 0 unspecified atom stereocenters. The predicted octanol–water partition coefficient (Wildman–Crippen LogP) is 1.39. The van der Waals surface area contributed by atoms with Crippen molar-refractivity contribution in [3.8, 4) is 0 Å². The molecule has 1 heterocycles. The summed E-state index contributed by atoms with van der Waals surface area (Å²) in [6.45, 7) is 0.0988. The van der Waals surface area contributed by atoms with Gasteiger partial charge in [0, 0.05) is 10.8 Å². The predicted molar refractivity (Wildman–Crippen MR) is 93.5 cm³/mol. The van der Waals surface area contributed by atoms with Crippen LogP contribution in [0, 0.1) is 0 Å². The molecule has 1 N–H and O–H groups in total. The Bertz CT molecular complexity index is 967. The molecule has 3 aromatic rings. The maximum Gasteiger partial charge on any atom is 0.442 e. The summed E-state index contributed by atoms with van der Waals surface area (Å²) in [4.78, 5) is 38.2. The maximum atomic E-state index is 12.7. The smallest absolute Gasteiger partial charge is 0.281 e. The Hall–Kier alpha value is -3.19. The summed E-state index contributed by atoms with van der Waals surface area (Å²) >= 11 is 5.71. The van der Waals surface area contributed by atoms with E-state index in [0.717, 1.165) is 15.4 Å². The van der Waals surface area contributed by atoms with E-state index in [9.17, 15) is 14.4 Å². The first-order valence-corrected chi connectivity index (χ1v) is 8.29. The van der Waals surface area contributed by atoms with Crippen molar-refractivity contribution in [3.05, 3.63) is 87.9 Å². The summed E-state index contributed by atoms with van der Waals surface area (Å²) in [5.41, 5.74) is -0.102. The van der Waals surface area contributed by atoms with Crippen LogP contribution in [0.2, 0.25) is 0 Å². The fourth-order valence-corrected chi connectivity index (χ4v) is 2.58. The Labute approximate surface area is 153 Å². The lowest BCUT2D eigenvalue weighted by Crippen LogP contribution is -2.65. The highest BCUT2D eigenvalue weighted by molar-refractivity contribution is 6.28. The van der Waals surface area contributed by atoms with Gasteiger partial charge in [0.2, 0.25) is 0 Å². The number of ketones is 1. The molecule has 0 atom stereocenters. The number of alkyl halides is 1. The SMILES string of the molecule is O=C(c1ccccc1)c1c(=O)o[nH][n+]1N(Cc1ccccc1)C(=O)CCl. The number of H-pyrrole nitrogens is 1. The van der Waals surface area contributed by atoms with Gasteiger partial charge in [-0.15, -0.1) is 11.6 Å². The van der Waals surface area contributed by atoms with Crippen LogP contribution in [0.3, 0.4) is 0 Å². The second-order valence-electron chi connectivity index (χ2n) is 5.41. The van der Waals surface area contributed by atoms with Crippen LogP contribution < -0.4 is 15.4 Å². The van der Waals surface area contributed by atoms with Crippen LogP contribution in [0.1, 0.15) is 21.6 Å². The van der Waals surface area contributed by atoms with Gasteiger partial charge in [0.05, 0.1) is 4.79 Å². The number of benzene rings is 2. The lowest BCUT2D eigenvalue weighted by molar-refractivity contribution is -0.752.